The van der Waals surface area contributed by atoms with Gasteiger partial charge in [0.25, 0.3) is 17.1 Å². The molecule has 206 valence electrons. The molecular formula is C24H13N5O12. The first-order valence-electron chi connectivity index (χ1n) is 11.0. The van der Waals surface area contributed by atoms with Crippen LogP contribution in [-0.4, -0.2) is 24.6 Å². The maximum absolute atomic E-state index is 11.8. The van der Waals surface area contributed by atoms with Gasteiger partial charge in [-0.1, -0.05) is 12.1 Å². The Bertz CT molecular complexity index is 1740. The van der Waals surface area contributed by atoms with Gasteiger partial charge in [0.1, 0.15) is 11.5 Å². The molecule has 0 spiro atoms. The third kappa shape index (κ3) is 5.98. The molecule has 0 heterocycles. The summed E-state index contributed by atoms with van der Waals surface area (Å²) >= 11 is 0. The Kier molecular flexibility index (Phi) is 7.43. The van der Waals surface area contributed by atoms with Crippen LogP contribution >= 0.6 is 0 Å². The van der Waals surface area contributed by atoms with Crippen LogP contribution in [0.1, 0.15) is 0 Å². The van der Waals surface area contributed by atoms with Gasteiger partial charge in [-0.15, -0.1) is 0 Å². The molecule has 0 amide bonds. The molecule has 4 aromatic rings. The normalized spacial score (nSPS) is 10.4. The Morgan fingerprint density at radius 3 is 1.32 bits per heavy atom. The van der Waals surface area contributed by atoms with Crippen molar-refractivity contribution in [1.29, 1.82) is 0 Å². The molecule has 0 aromatic heterocycles. The minimum absolute atomic E-state index is 0.0961. The lowest BCUT2D eigenvalue weighted by Gasteiger charge is -2.10. The third-order valence-corrected chi connectivity index (χ3v) is 5.49. The van der Waals surface area contributed by atoms with E-state index in [4.69, 9.17) is 9.47 Å². The van der Waals surface area contributed by atoms with Gasteiger partial charge in [0.05, 0.1) is 48.4 Å². The average Bonchev–Trinajstić information content (AvgIpc) is 2.93. The summed E-state index contributed by atoms with van der Waals surface area (Å²) < 4.78 is 10.9. The highest BCUT2D eigenvalue weighted by atomic mass is 16.6. The van der Waals surface area contributed by atoms with Crippen molar-refractivity contribution in [3.63, 3.8) is 0 Å². The van der Waals surface area contributed by atoms with Gasteiger partial charge in [-0.05, 0) is 42.0 Å². The van der Waals surface area contributed by atoms with E-state index < -0.39 is 53.1 Å². The Labute approximate surface area is 226 Å². The molecule has 0 bridgehead atoms. The second-order valence-electron chi connectivity index (χ2n) is 8.00. The standard InChI is InChI=1S/C24H13N5O12/c30-25(31)15-3-9-23(21(11-15)28(36)37)40-17-5-1-14(2-6-17)19-8-7-18(13-20(19)27(34)35)41-24-10-4-16(26(32)33)12-22(24)29(38)39/h1-13H. The fraction of sp³-hybridized carbons (Fsp3) is 0. The molecule has 0 fully saturated rings. The molecule has 0 atom stereocenters. The van der Waals surface area contributed by atoms with Crippen molar-refractivity contribution in [2.75, 3.05) is 0 Å². The molecule has 17 heteroatoms. The van der Waals surface area contributed by atoms with Crippen molar-refractivity contribution in [3.05, 3.63) is 129 Å². The molecule has 0 unspecified atom stereocenters. The summed E-state index contributed by atoms with van der Waals surface area (Å²) in [6.07, 6.45) is 0. The summed E-state index contributed by atoms with van der Waals surface area (Å²) in [5, 5.41) is 56.4. The zero-order valence-corrected chi connectivity index (χ0v) is 20.1. The molecule has 0 saturated carbocycles. The molecular weight excluding hydrogens is 550 g/mol. The van der Waals surface area contributed by atoms with Crippen LogP contribution < -0.4 is 9.47 Å². The molecule has 41 heavy (non-hydrogen) atoms. The maximum atomic E-state index is 11.8. The van der Waals surface area contributed by atoms with Crippen molar-refractivity contribution in [3.8, 4) is 34.1 Å². The zero-order valence-electron chi connectivity index (χ0n) is 20.1. The lowest BCUT2D eigenvalue weighted by molar-refractivity contribution is -0.394. The van der Waals surface area contributed by atoms with E-state index in [0.717, 1.165) is 36.4 Å². The van der Waals surface area contributed by atoms with Crippen LogP contribution in [0.5, 0.6) is 23.0 Å². The highest BCUT2D eigenvalue weighted by Crippen LogP contribution is 2.39. The molecule has 0 saturated heterocycles. The van der Waals surface area contributed by atoms with Crippen LogP contribution in [0.3, 0.4) is 0 Å². The van der Waals surface area contributed by atoms with Crippen LogP contribution in [0.25, 0.3) is 11.1 Å². The summed E-state index contributed by atoms with van der Waals surface area (Å²) in [5.41, 5.74) is -2.38. The van der Waals surface area contributed by atoms with E-state index in [1.807, 2.05) is 0 Å². The monoisotopic (exact) mass is 563 g/mol. The number of nitrogens with zero attached hydrogens (tertiary/aromatic N) is 5. The van der Waals surface area contributed by atoms with Crippen LogP contribution in [0.2, 0.25) is 0 Å². The minimum atomic E-state index is -0.889. The molecule has 4 aromatic carbocycles. The molecule has 4 rings (SSSR count). The molecule has 0 N–H and O–H groups in total. The number of hydrogen-bond acceptors (Lipinski definition) is 12. The number of nitro benzene ring substituents is 5. The first-order chi connectivity index (χ1) is 19.4. The smallest absolute Gasteiger partial charge is 0.318 e. The average molecular weight is 563 g/mol. The Morgan fingerprint density at radius 2 is 0.878 bits per heavy atom. The minimum Gasteiger partial charge on any atom is -0.450 e. The van der Waals surface area contributed by atoms with E-state index >= 15 is 0 Å². The molecule has 17 nitrogen and oxygen atoms in total. The summed E-state index contributed by atoms with van der Waals surface area (Å²) in [7, 11) is 0. The predicted octanol–water partition coefficient (Wildman–Crippen LogP) is 6.48. The topological polar surface area (TPSA) is 234 Å². The highest BCUT2D eigenvalue weighted by molar-refractivity contribution is 5.75. The lowest BCUT2D eigenvalue weighted by Crippen LogP contribution is -1.97. The van der Waals surface area contributed by atoms with E-state index in [1.165, 1.54) is 36.4 Å². The van der Waals surface area contributed by atoms with Gasteiger partial charge in [-0.2, -0.15) is 0 Å². The maximum Gasteiger partial charge on any atom is 0.318 e. The Hall–Kier alpha value is -6.52. The number of ether oxygens (including phenoxy) is 2. The van der Waals surface area contributed by atoms with Crippen molar-refractivity contribution in [2.24, 2.45) is 0 Å². The van der Waals surface area contributed by atoms with Crippen LogP contribution in [0.4, 0.5) is 28.4 Å². The highest BCUT2D eigenvalue weighted by Gasteiger charge is 2.24. The van der Waals surface area contributed by atoms with E-state index in [2.05, 4.69) is 0 Å². The number of rotatable bonds is 10. The largest absolute Gasteiger partial charge is 0.450 e. The zero-order chi connectivity index (χ0) is 29.8. The second-order valence-corrected chi connectivity index (χ2v) is 8.00. The van der Waals surface area contributed by atoms with Gasteiger partial charge < -0.3 is 9.47 Å². The van der Waals surface area contributed by atoms with Crippen molar-refractivity contribution >= 4 is 28.4 Å². The summed E-state index contributed by atoms with van der Waals surface area (Å²) in [6, 6.07) is 14.8. The van der Waals surface area contributed by atoms with E-state index in [-0.39, 0.29) is 28.6 Å². The number of benzene rings is 4. The Morgan fingerprint density at radius 1 is 0.439 bits per heavy atom. The summed E-state index contributed by atoms with van der Waals surface area (Å²) in [5.74, 6) is -0.688. The first kappa shape index (κ1) is 27.5. The third-order valence-electron chi connectivity index (χ3n) is 5.49. The van der Waals surface area contributed by atoms with Gasteiger partial charge in [0, 0.05) is 12.1 Å². The molecule has 0 radical (unpaired) electrons. The number of hydrogen-bond donors (Lipinski definition) is 0. The Balaban J connectivity index is 1.62. The number of nitro groups is 5. The van der Waals surface area contributed by atoms with Gasteiger partial charge in [0.2, 0.25) is 11.5 Å². The molecule has 0 aliphatic carbocycles. The SMILES string of the molecule is O=[N+]([O-])c1ccc(Oc2ccc(-c3ccc(Oc4ccc([N+](=O)[O-])cc4[N+](=O)[O-])cc3[N+](=O)[O-])cc2)c([N+](=O)[O-])c1. The van der Waals surface area contributed by atoms with Crippen molar-refractivity contribution < 1.29 is 34.1 Å². The quantitative estimate of drug-likeness (QED) is 0.149. The van der Waals surface area contributed by atoms with Crippen molar-refractivity contribution in [2.45, 2.75) is 0 Å². The van der Waals surface area contributed by atoms with E-state index in [0.29, 0.717) is 11.6 Å². The van der Waals surface area contributed by atoms with Gasteiger partial charge in [-0.25, -0.2) is 0 Å². The fourth-order valence-electron chi connectivity index (χ4n) is 3.62. The first-order valence-corrected chi connectivity index (χ1v) is 11.0. The lowest BCUT2D eigenvalue weighted by atomic mass is 10.0. The fourth-order valence-corrected chi connectivity index (χ4v) is 3.62. The predicted molar refractivity (Wildman–Crippen MR) is 138 cm³/mol. The van der Waals surface area contributed by atoms with Crippen molar-refractivity contribution in [1.82, 2.24) is 0 Å². The van der Waals surface area contributed by atoms with E-state index in [1.54, 1.807) is 0 Å². The molecule has 0 aliphatic rings. The summed E-state index contributed by atoms with van der Waals surface area (Å²) in [6.45, 7) is 0. The second kappa shape index (κ2) is 11.1. The van der Waals surface area contributed by atoms with Crippen LogP contribution in [0, 0.1) is 50.6 Å². The molecule has 0 aliphatic heterocycles. The van der Waals surface area contributed by atoms with Gasteiger partial charge in [0.15, 0.2) is 0 Å². The van der Waals surface area contributed by atoms with E-state index in [9.17, 15) is 50.6 Å². The number of non-ortho nitro benzene ring substituents is 2. The van der Waals surface area contributed by atoms with Crippen LogP contribution in [-0.2, 0) is 0 Å². The van der Waals surface area contributed by atoms with Gasteiger partial charge >= 0.3 is 11.4 Å². The van der Waals surface area contributed by atoms with Crippen LogP contribution in [0.15, 0.2) is 78.9 Å². The van der Waals surface area contributed by atoms with Gasteiger partial charge in [-0.3, -0.25) is 50.6 Å². The summed E-state index contributed by atoms with van der Waals surface area (Å²) in [4.78, 5) is 52.3.